The van der Waals surface area contributed by atoms with Crippen molar-refractivity contribution in [3.05, 3.63) is 69.6 Å². The SMILES string of the molecule is Cc1cccc(N2C(=O)C(SCCO)=C(c3ccc(C)c(C)c3)C2=O)c1. The van der Waals surface area contributed by atoms with Crippen molar-refractivity contribution < 1.29 is 14.7 Å². The molecule has 0 spiro atoms. The highest BCUT2D eigenvalue weighted by Crippen LogP contribution is 2.38. The molecule has 0 radical (unpaired) electrons. The topological polar surface area (TPSA) is 57.6 Å². The third kappa shape index (κ3) is 3.32. The van der Waals surface area contributed by atoms with Crippen LogP contribution < -0.4 is 4.90 Å². The summed E-state index contributed by atoms with van der Waals surface area (Å²) in [5.41, 5.74) is 4.90. The highest BCUT2D eigenvalue weighted by molar-refractivity contribution is 8.04. The second-order valence-corrected chi connectivity index (χ2v) is 7.47. The monoisotopic (exact) mass is 367 g/mol. The maximum absolute atomic E-state index is 13.2. The average molecular weight is 367 g/mol. The minimum Gasteiger partial charge on any atom is -0.396 e. The van der Waals surface area contributed by atoms with Crippen LogP contribution in [-0.4, -0.2) is 29.3 Å². The van der Waals surface area contributed by atoms with Gasteiger partial charge in [-0.25, -0.2) is 4.90 Å². The van der Waals surface area contributed by atoms with Crippen LogP contribution >= 0.6 is 11.8 Å². The molecule has 0 aromatic heterocycles. The molecule has 2 aromatic carbocycles. The fraction of sp³-hybridized carbons (Fsp3) is 0.238. The van der Waals surface area contributed by atoms with Crippen LogP contribution in [0.2, 0.25) is 0 Å². The van der Waals surface area contributed by atoms with Gasteiger partial charge in [0.25, 0.3) is 11.8 Å². The number of nitrogens with zero attached hydrogens (tertiary/aromatic N) is 1. The molecule has 3 rings (SSSR count). The molecule has 0 bridgehead atoms. The van der Waals surface area contributed by atoms with E-state index >= 15 is 0 Å². The Labute approximate surface area is 157 Å². The van der Waals surface area contributed by atoms with Crippen LogP contribution in [0.15, 0.2) is 47.4 Å². The van der Waals surface area contributed by atoms with E-state index in [1.807, 2.05) is 57.2 Å². The Morgan fingerprint density at radius 3 is 2.38 bits per heavy atom. The first-order chi connectivity index (χ1) is 12.4. The zero-order valence-electron chi connectivity index (χ0n) is 15.1. The summed E-state index contributed by atoms with van der Waals surface area (Å²) >= 11 is 1.23. The molecule has 1 aliphatic heterocycles. The van der Waals surface area contributed by atoms with Gasteiger partial charge in [-0.1, -0.05) is 30.3 Å². The smallest absolute Gasteiger partial charge is 0.272 e. The lowest BCUT2D eigenvalue weighted by Crippen LogP contribution is -2.31. The molecular weight excluding hydrogens is 346 g/mol. The first-order valence-electron chi connectivity index (χ1n) is 8.45. The highest BCUT2D eigenvalue weighted by atomic mass is 32.2. The molecule has 134 valence electrons. The first-order valence-corrected chi connectivity index (χ1v) is 9.43. The summed E-state index contributed by atoms with van der Waals surface area (Å²) in [4.78, 5) is 27.8. The van der Waals surface area contributed by atoms with E-state index in [-0.39, 0.29) is 18.4 Å². The summed E-state index contributed by atoms with van der Waals surface area (Å²) in [7, 11) is 0. The Morgan fingerprint density at radius 1 is 0.962 bits per heavy atom. The minimum atomic E-state index is -0.327. The zero-order chi connectivity index (χ0) is 18.8. The summed E-state index contributed by atoms with van der Waals surface area (Å²) in [6, 6.07) is 13.1. The molecule has 1 aliphatic rings. The molecule has 0 aliphatic carbocycles. The number of aliphatic hydroxyl groups is 1. The van der Waals surface area contributed by atoms with Crippen LogP contribution in [0, 0.1) is 20.8 Å². The maximum Gasteiger partial charge on any atom is 0.272 e. The van der Waals surface area contributed by atoms with Crippen molar-refractivity contribution in [3.8, 4) is 0 Å². The van der Waals surface area contributed by atoms with Gasteiger partial charge < -0.3 is 5.11 Å². The van der Waals surface area contributed by atoms with E-state index in [1.165, 1.54) is 16.7 Å². The van der Waals surface area contributed by atoms with E-state index in [2.05, 4.69) is 0 Å². The number of aryl methyl sites for hydroxylation is 3. The zero-order valence-corrected chi connectivity index (χ0v) is 15.9. The van der Waals surface area contributed by atoms with Gasteiger partial charge in [-0.2, -0.15) is 0 Å². The number of rotatable bonds is 5. The third-order valence-electron chi connectivity index (χ3n) is 4.43. The van der Waals surface area contributed by atoms with Gasteiger partial charge >= 0.3 is 0 Å². The van der Waals surface area contributed by atoms with Gasteiger partial charge in [0.2, 0.25) is 0 Å². The highest BCUT2D eigenvalue weighted by Gasteiger charge is 2.40. The molecule has 2 amide bonds. The van der Waals surface area contributed by atoms with Gasteiger partial charge in [-0.15, -0.1) is 11.8 Å². The summed E-state index contributed by atoms with van der Waals surface area (Å²) in [5, 5.41) is 9.18. The Hall–Kier alpha value is -2.37. The number of thioether (sulfide) groups is 1. The molecule has 0 unspecified atom stereocenters. The number of aliphatic hydroxyl groups excluding tert-OH is 1. The number of hydrogen-bond donors (Lipinski definition) is 1. The lowest BCUT2D eigenvalue weighted by atomic mass is 10.0. The minimum absolute atomic E-state index is 0.0553. The van der Waals surface area contributed by atoms with Crippen molar-refractivity contribution in [2.75, 3.05) is 17.3 Å². The predicted molar refractivity (Wildman–Crippen MR) is 106 cm³/mol. The number of carbonyl (C=O) groups is 2. The summed E-state index contributed by atoms with van der Waals surface area (Å²) in [6.07, 6.45) is 0. The lowest BCUT2D eigenvalue weighted by Gasteiger charge is -2.16. The van der Waals surface area contributed by atoms with Gasteiger partial charge in [0.1, 0.15) is 0 Å². The molecule has 0 saturated carbocycles. The van der Waals surface area contributed by atoms with Crippen molar-refractivity contribution in [3.63, 3.8) is 0 Å². The quantitative estimate of drug-likeness (QED) is 0.820. The Kier molecular flexibility index (Phi) is 5.30. The van der Waals surface area contributed by atoms with E-state index in [9.17, 15) is 14.7 Å². The van der Waals surface area contributed by atoms with E-state index in [1.54, 1.807) is 6.07 Å². The molecule has 1 N–H and O–H groups in total. The number of imide groups is 1. The molecule has 0 saturated heterocycles. The molecule has 1 heterocycles. The first kappa shape index (κ1) is 18.4. The number of amides is 2. The normalized spacial score (nSPS) is 14.5. The van der Waals surface area contributed by atoms with Crippen molar-refractivity contribution in [1.29, 1.82) is 0 Å². The average Bonchev–Trinajstić information content (AvgIpc) is 2.85. The number of benzene rings is 2. The molecular formula is C21H21NO3S. The number of anilines is 1. The van der Waals surface area contributed by atoms with Crippen LogP contribution in [0.3, 0.4) is 0 Å². The van der Waals surface area contributed by atoms with Crippen LogP contribution in [-0.2, 0) is 9.59 Å². The molecule has 2 aromatic rings. The predicted octanol–water partition coefficient (Wildman–Crippen LogP) is 3.62. The Morgan fingerprint density at radius 2 is 1.73 bits per heavy atom. The fourth-order valence-electron chi connectivity index (χ4n) is 2.94. The van der Waals surface area contributed by atoms with Crippen molar-refractivity contribution in [2.45, 2.75) is 20.8 Å². The van der Waals surface area contributed by atoms with E-state index in [0.29, 0.717) is 21.9 Å². The van der Waals surface area contributed by atoms with Gasteiger partial charge in [0, 0.05) is 5.75 Å². The molecule has 0 atom stereocenters. The van der Waals surface area contributed by atoms with Gasteiger partial charge in [-0.3, -0.25) is 9.59 Å². The molecule has 26 heavy (non-hydrogen) atoms. The van der Waals surface area contributed by atoms with E-state index in [4.69, 9.17) is 0 Å². The Bertz CT molecular complexity index is 917. The molecule has 4 nitrogen and oxygen atoms in total. The van der Waals surface area contributed by atoms with Crippen LogP contribution in [0.1, 0.15) is 22.3 Å². The lowest BCUT2D eigenvalue weighted by molar-refractivity contribution is -0.119. The van der Waals surface area contributed by atoms with Crippen LogP contribution in [0.4, 0.5) is 5.69 Å². The fourth-order valence-corrected chi connectivity index (χ4v) is 3.80. The van der Waals surface area contributed by atoms with Crippen molar-refractivity contribution in [2.24, 2.45) is 0 Å². The molecule has 5 heteroatoms. The second kappa shape index (κ2) is 7.48. The van der Waals surface area contributed by atoms with E-state index in [0.717, 1.165) is 22.3 Å². The largest absolute Gasteiger partial charge is 0.396 e. The van der Waals surface area contributed by atoms with Crippen molar-refractivity contribution in [1.82, 2.24) is 0 Å². The third-order valence-corrected chi connectivity index (χ3v) is 5.49. The van der Waals surface area contributed by atoms with Gasteiger partial charge in [0.05, 0.1) is 22.8 Å². The van der Waals surface area contributed by atoms with Crippen molar-refractivity contribution >= 4 is 34.8 Å². The van der Waals surface area contributed by atoms with Crippen LogP contribution in [0.25, 0.3) is 5.57 Å². The van der Waals surface area contributed by atoms with E-state index < -0.39 is 0 Å². The number of carbonyl (C=O) groups excluding carboxylic acids is 2. The summed E-state index contributed by atoms with van der Waals surface area (Å²) < 4.78 is 0. The summed E-state index contributed by atoms with van der Waals surface area (Å²) in [6.45, 7) is 5.86. The summed E-state index contributed by atoms with van der Waals surface area (Å²) in [5.74, 6) is -0.277. The van der Waals surface area contributed by atoms with Gasteiger partial charge in [0.15, 0.2) is 0 Å². The maximum atomic E-state index is 13.2. The Balaban J connectivity index is 2.10. The standard InChI is InChI=1S/C21H21NO3S/c1-13-5-4-6-17(11-13)22-20(24)18(19(21(22)25)26-10-9-23)16-8-7-14(2)15(3)12-16/h4-8,11-12,23H,9-10H2,1-3H3. The molecule has 0 fully saturated rings. The number of hydrogen-bond acceptors (Lipinski definition) is 4. The second-order valence-electron chi connectivity index (χ2n) is 6.36. The van der Waals surface area contributed by atoms with Gasteiger partial charge in [-0.05, 0) is 55.2 Å². The van der Waals surface area contributed by atoms with Crippen LogP contribution in [0.5, 0.6) is 0 Å².